The molecular weight excluding hydrogens is 330 g/mol. The fourth-order valence-corrected chi connectivity index (χ4v) is 3.38. The fraction of sp³-hybridized carbons (Fsp3) is 0.471. The van der Waals surface area contributed by atoms with Gasteiger partial charge in [-0.25, -0.2) is 0 Å². The van der Waals surface area contributed by atoms with E-state index in [4.69, 9.17) is 21.1 Å². The van der Waals surface area contributed by atoms with Crippen molar-refractivity contribution in [2.45, 2.75) is 38.1 Å². The second kappa shape index (κ2) is 7.42. The summed E-state index contributed by atoms with van der Waals surface area (Å²) in [5, 5.41) is 18.2. The smallest absolute Gasteiger partial charge is 0.179 e. The Kier molecular flexibility index (Phi) is 5.28. The summed E-state index contributed by atoms with van der Waals surface area (Å²) in [6.45, 7) is 3.08. The molecule has 1 fully saturated rings. The van der Waals surface area contributed by atoms with Gasteiger partial charge in [-0.1, -0.05) is 11.6 Å². The van der Waals surface area contributed by atoms with Crippen LogP contribution in [0.15, 0.2) is 30.6 Å². The Bertz CT molecular complexity index is 678. The highest BCUT2D eigenvalue weighted by Crippen LogP contribution is 2.37. The number of nitrogens with one attached hydrogen (secondary N) is 1. The summed E-state index contributed by atoms with van der Waals surface area (Å²) in [5.41, 5.74) is 1.00. The first kappa shape index (κ1) is 17.1. The Labute approximate surface area is 146 Å². The molecule has 0 spiro atoms. The molecule has 1 heterocycles. The highest BCUT2D eigenvalue weighted by atomic mass is 35.5. The van der Waals surface area contributed by atoms with E-state index < -0.39 is 0 Å². The predicted molar refractivity (Wildman–Crippen MR) is 91.7 cm³/mol. The van der Waals surface area contributed by atoms with E-state index in [9.17, 15) is 5.11 Å². The average molecular weight is 352 g/mol. The number of methoxy groups -OCH3 is 1. The fourth-order valence-electron chi connectivity index (χ4n) is 3.07. The number of aliphatic hydroxyl groups is 1. The average Bonchev–Trinajstić information content (AvgIpc) is 3.04. The molecular formula is C17H22ClN3O3. The quantitative estimate of drug-likeness (QED) is 0.801. The van der Waals surface area contributed by atoms with Gasteiger partial charge in [0.2, 0.25) is 0 Å². The molecule has 0 amide bonds. The number of halogens is 1. The molecule has 3 rings (SSSR count). The second-order valence-electron chi connectivity index (χ2n) is 5.81. The summed E-state index contributed by atoms with van der Waals surface area (Å²) in [5.74, 6) is 1.19. The van der Waals surface area contributed by atoms with Crippen molar-refractivity contribution < 1.29 is 14.6 Å². The first-order valence-corrected chi connectivity index (χ1v) is 8.41. The normalized spacial score (nSPS) is 22.9. The molecule has 1 aliphatic carbocycles. The summed E-state index contributed by atoms with van der Waals surface area (Å²) in [7, 11) is 1.58. The lowest BCUT2D eigenvalue weighted by molar-refractivity contribution is -0.00822. The third kappa shape index (κ3) is 3.36. The maximum atomic E-state index is 10.0. The second-order valence-corrected chi connectivity index (χ2v) is 6.22. The Morgan fingerprint density at radius 1 is 1.46 bits per heavy atom. The Morgan fingerprint density at radius 2 is 2.29 bits per heavy atom. The van der Waals surface area contributed by atoms with Crippen LogP contribution in [0.1, 0.15) is 24.9 Å². The summed E-state index contributed by atoms with van der Waals surface area (Å²) >= 11 is 6.28. The predicted octanol–water partition coefficient (Wildman–Crippen LogP) is 2.41. The van der Waals surface area contributed by atoms with E-state index in [1.807, 2.05) is 31.3 Å². The van der Waals surface area contributed by atoms with Gasteiger partial charge in [0.1, 0.15) is 0 Å². The van der Waals surface area contributed by atoms with Crippen molar-refractivity contribution >= 4 is 11.6 Å². The van der Waals surface area contributed by atoms with Crippen molar-refractivity contribution in [2.75, 3.05) is 13.7 Å². The number of ether oxygens (including phenoxy) is 2. The molecule has 6 nitrogen and oxygen atoms in total. The largest absolute Gasteiger partial charge is 0.491 e. The van der Waals surface area contributed by atoms with Gasteiger partial charge in [0, 0.05) is 25.0 Å². The zero-order valence-corrected chi connectivity index (χ0v) is 14.5. The summed E-state index contributed by atoms with van der Waals surface area (Å²) in [6.07, 6.45) is 3.92. The van der Waals surface area contributed by atoms with Gasteiger partial charge in [0.05, 0.1) is 30.9 Å². The van der Waals surface area contributed by atoms with Crippen LogP contribution < -0.4 is 14.8 Å². The van der Waals surface area contributed by atoms with Gasteiger partial charge in [-0.3, -0.25) is 4.68 Å². The van der Waals surface area contributed by atoms with Crippen LogP contribution in [-0.4, -0.2) is 40.7 Å². The lowest BCUT2D eigenvalue weighted by Crippen LogP contribution is -2.54. The van der Waals surface area contributed by atoms with Crippen LogP contribution in [0.3, 0.4) is 0 Å². The summed E-state index contributed by atoms with van der Waals surface area (Å²) in [6, 6.07) is 5.78. The molecule has 130 valence electrons. The summed E-state index contributed by atoms with van der Waals surface area (Å²) < 4.78 is 12.7. The Hall–Kier alpha value is -1.76. The topological polar surface area (TPSA) is 68.5 Å². The van der Waals surface area contributed by atoms with Crippen LogP contribution in [0.25, 0.3) is 0 Å². The first-order valence-electron chi connectivity index (χ1n) is 8.03. The molecule has 1 aromatic heterocycles. The van der Waals surface area contributed by atoms with Crippen LogP contribution in [0.4, 0.5) is 0 Å². The van der Waals surface area contributed by atoms with E-state index in [1.165, 1.54) is 0 Å². The van der Waals surface area contributed by atoms with Gasteiger partial charge in [-0.15, -0.1) is 0 Å². The van der Waals surface area contributed by atoms with E-state index >= 15 is 0 Å². The SMILES string of the molecule is CCOc1cc(CN[C@H]2C[C@@H](O)[C@@H]2n2cccn2)cc(Cl)c1OC. The van der Waals surface area contributed by atoms with E-state index in [0.29, 0.717) is 36.1 Å². The van der Waals surface area contributed by atoms with Crippen LogP contribution in [0.5, 0.6) is 11.5 Å². The third-order valence-corrected chi connectivity index (χ3v) is 4.55. The minimum atomic E-state index is -0.374. The van der Waals surface area contributed by atoms with Crippen LogP contribution in [0, 0.1) is 0 Å². The van der Waals surface area contributed by atoms with Gasteiger partial charge >= 0.3 is 0 Å². The molecule has 2 aromatic rings. The van der Waals surface area contributed by atoms with Crippen LogP contribution >= 0.6 is 11.6 Å². The highest BCUT2D eigenvalue weighted by Gasteiger charge is 2.41. The van der Waals surface area contributed by atoms with Crippen molar-refractivity contribution in [3.8, 4) is 11.5 Å². The van der Waals surface area contributed by atoms with Gasteiger partial charge in [-0.2, -0.15) is 5.10 Å². The highest BCUT2D eigenvalue weighted by molar-refractivity contribution is 6.32. The molecule has 2 N–H and O–H groups in total. The van der Waals surface area contributed by atoms with Gasteiger partial charge in [0.15, 0.2) is 11.5 Å². The van der Waals surface area contributed by atoms with Gasteiger partial charge < -0.3 is 19.9 Å². The standard InChI is InChI=1S/C17H22ClN3O3/c1-3-24-15-8-11(7-12(18)17(15)23-2)10-19-13-9-14(22)16(13)21-6-4-5-20-21/h4-8,13-14,16,19,22H,3,9-10H2,1-2H3/t13-,14+,16+/m0/s1. The molecule has 1 saturated carbocycles. The zero-order chi connectivity index (χ0) is 17.1. The molecule has 7 heteroatoms. The number of aliphatic hydroxyl groups excluding tert-OH is 1. The minimum absolute atomic E-state index is 0.0416. The molecule has 24 heavy (non-hydrogen) atoms. The number of hydrogen-bond acceptors (Lipinski definition) is 5. The van der Waals surface area contributed by atoms with Crippen molar-refractivity contribution in [3.63, 3.8) is 0 Å². The molecule has 1 aliphatic rings. The van der Waals surface area contributed by atoms with Gasteiger partial charge in [-0.05, 0) is 37.1 Å². The minimum Gasteiger partial charge on any atom is -0.491 e. The maximum Gasteiger partial charge on any atom is 0.179 e. The first-order chi connectivity index (χ1) is 11.6. The van der Waals surface area contributed by atoms with E-state index in [1.54, 1.807) is 18.0 Å². The van der Waals surface area contributed by atoms with Crippen LogP contribution in [-0.2, 0) is 6.54 Å². The van der Waals surface area contributed by atoms with Crippen molar-refractivity contribution in [1.29, 1.82) is 0 Å². The molecule has 0 bridgehead atoms. The van der Waals surface area contributed by atoms with E-state index in [0.717, 1.165) is 5.56 Å². The lowest BCUT2D eigenvalue weighted by atomic mass is 9.83. The van der Waals surface area contributed by atoms with Crippen molar-refractivity contribution in [2.24, 2.45) is 0 Å². The molecule has 0 radical (unpaired) electrons. The molecule has 0 aliphatic heterocycles. The number of rotatable bonds is 7. The van der Waals surface area contributed by atoms with E-state index in [-0.39, 0.29) is 18.2 Å². The maximum absolute atomic E-state index is 10.0. The van der Waals surface area contributed by atoms with E-state index in [2.05, 4.69) is 10.4 Å². The van der Waals surface area contributed by atoms with Crippen LogP contribution in [0.2, 0.25) is 5.02 Å². The molecule has 0 saturated heterocycles. The summed E-state index contributed by atoms with van der Waals surface area (Å²) in [4.78, 5) is 0. The number of aromatic nitrogens is 2. The number of hydrogen-bond donors (Lipinski definition) is 2. The molecule has 0 unspecified atom stereocenters. The van der Waals surface area contributed by atoms with Crippen molar-refractivity contribution in [1.82, 2.24) is 15.1 Å². The van der Waals surface area contributed by atoms with Crippen molar-refractivity contribution in [3.05, 3.63) is 41.2 Å². The number of benzene rings is 1. The monoisotopic (exact) mass is 351 g/mol. The molecule has 3 atom stereocenters. The van der Waals surface area contributed by atoms with Gasteiger partial charge in [0.25, 0.3) is 0 Å². The Morgan fingerprint density at radius 3 is 2.92 bits per heavy atom. The Balaban J connectivity index is 1.68. The zero-order valence-electron chi connectivity index (χ0n) is 13.8. The third-order valence-electron chi connectivity index (χ3n) is 4.27. The number of nitrogens with zero attached hydrogens (tertiary/aromatic N) is 2. The lowest BCUT2D eigenvalue weighted by Gasteiger charge is -2.42. The molecule has 1 aromatic carbocycles.